The molecule has 0 unspecified atom stereocenters. The van der Waals surface area contributed by atoms with Crippen molar-refractivity contribution in [3.8, 4) is 5.75 Å². The lowest BCUT2D eigenvalue weighted by molar-refractivity contribution is 0.0978. The largest absolute Gasteiger partial charge is 0.494 e. The standard InChI is InChI=1S/C24H24N4O5/c1-12-3-21(29)27-22-17(12)5-14(6-20(22)31-2)25-24(30)18-4-13-9-32-11-19(13)26-23(18)28-8-16-7-15(28)10-33-16/h3-6,15-16H,7-11H2,1-2H3,(H,25,30)(H,27,29)/t15-,16-/m1/s1. The van der Waals surface area contributed by atoms with Gasteiger partial charge in [0, 0.05) is 35.3 Å². The molecular weight excluding hydrogens is 424 g/mol. The highest BCUT2D eigenvalue weighted by Gasteiger charge is 2.41. The Bertz CT molecular complexity index is 1350. The number of amides is 1. The number of methoxy groups -OCH3 is 1. The van der Waals surface area contributed by atoms with Crippen molar-refractivity contribution in [1.29, 1.82) is 0 Å². The van der Waals surface area contributed by atoms with Gasteiger partial charge >= 0.3 is 0 Å². The quantitative estimate of drug-likeness (QED) is 0.632. The molecule has 2 aromatic heterocycles. The van der Waals surface area contributed by atoms with Gasteiger partial charge in [0.15, 0.2) is 0 Å². The zero-order valence-corrected chi connectivity index (χ0v) is 18.4. The van der Waals surface area contributed by atoms with Gasteiger partial charge < -0.3 is 29.4 Å². The van der Waals surface area contributed by atoms with E-state index >= 15 is 0 Å². The summed E-state index contributed by atoms with van der Waals surface area (Å²) >= 11 is 0. The van der Waals surface area contributed by atoms with Gasteiger partial charge in [0.05, 0.1) is 55.9 Å². The van der Waals surface area contributed by atoms with Crippen LogP contribution in [0.4, 0.5) is 11.5 Å². The molecule has 9 heteroatoms. The van der Waals surface area contributed by atoms with Crippen LogP contribution >= 0.6 is 0 Å². The number of nitrogens with zero attached hydrogens (tertiary/aromatic N) is 2. The third-order valence-corrected chi connectivity index (χ3v) is 6.69. The summed E-state index contributed by atoms with van der Waals surface area (Å²) < 4.78 is 16.8. The van der Waals surface area contributed by atoms with E-state index in [4.69, 9.17) is 19.2 Å². The zero-order valence-electron chi connectivity index (χ0n) is 18.4. The molecule has 2 fully saturated rings. The Kier molecular flexibility index (Phi) is 4.63. The van der Waals surface area contributed by atoms with E-state index in [-0.39, 0.29) is 23.6 Å². The predicted octanol–water partition coefficient (Wildman–Crippen LogP) is 2.50. The van der Waals surface area contributed by atoms with Crippen LogP contribution in [0.15, 0.2) is 29.1 Å². The molecule has 3 aliphatic rings. The highest BCUT2D eigenvalue weighted by molar-refractivity contribution is 6.09. The van der Waals surface area contributed by atoms with Crippen molar-refractivity contribution in [2.24, 2.45) is 0 Å². The van der Waals surface area contributed by atoms with Crippen molar-refractivity contribution >= 4 is 28.3 Å². The van der Waals surface area contributed by atoms with Crippen LogP contribution in [0.25, 0.3) is 10.9 Å². The second kappa shape index (κ2) is 7.57. The lowest BCUT2D eigenvalue weighted by Crippen LogP contribution is -2.39. The summed E-state index contributed by atoms with van der Waals surface area (Å²) in [4.78, 5) is 35.3. The first-order chi connectivity index (χ1) is 16.0. The summed E-state index contributed by atoms with van der Waals surface area (Å²) in [5.74, 6) is 0.915. The fourth-order valence-corrected chi connectivity index (χ4v) is 5.06. The van der Waals surface area contributed by atoms with E-state index in [1.54, 1.807) is 6.07 Å². The second-order valence-corrected chi connectivity index (χ2v) is 8.83. The van der Waals surface area contributed by atoms with Crippen LogP contribution in [0.5, 0.6) is 5.75 Å². The van der Waals surface area contributed by atoms with Crippen LogP contribution in [-0.4, -0.2) is 48.3 Å². The van der Waals surface area contributed by atoms with Gasteiger partial charge in [-0.1, -0.05) is 0 Å². The van der Waals surface area contributed by atoms with Crippen molar-refractivity contribution in [2.75, 3.05) is 30.5 Å². The summed E-state index contributed by atoms with van der Waals surface area (Å²) in [5, 5.41) is 3.82. The van der Waals surface area contributed by atoms with Crippen LogP contribution in [0.2, 0.25) is 0 Å². The Morgan fingerprint density at radius 3 is 2.91 bits per heavy atom. The number of hydrogen-bond donors (Lipinski definition) is 2. The number of aromatic nitrogens is 2. The van der Waals surface area contributed by atoms with Crippen LogP contribution in [0, 0.1) is 6.92 Å². The number of carbonyl (C=O) groups is 1. The molecule has 5 heterocycles. The molecule has 2 N–H and O–H groups in total. The van der Waals surface area contributed by atoms with Gasteiger partial charge in [-0.05, 0) is 31.0 Å². The minimum absolute atomic E-state index is 0.187. The van der Waals surface area contributed by atoms with E-state index in [1.807, 2.05) is 19.1 Å². The molecule has 2 saturated heterocycles. The van der Waals surface area contributed by atoms with Crippen LogP contribution in [0.1, 0.15) is 33.6 Å². The summed E-state index contributed by atoms with van der Waals surface area (Å²) in [7, 11) is 1.54. The zero-order chi connectivity index (χ0) is 22.7. The lowest BCUT2D eigenvalue weighted by atomic mass is 10.1. The van der Waals surface area contributed by atoms with Crippen molar-refractivity contribution in [3.63, 3.8) is 0 Å². The third kappa shape index (κ3) is 3.35. The first-order valence-corrected chi connectivity index (χ1v) is 11.0. The number of hydrogen-bond acceptors (Lipinski definition) is 7. The summed E-state index contributed by atoms with van der Waals surface area (Å²) in [5.41, 5.74) is 4.12. The number of rotatable bonds is 4. The Morgan fingerprint density at radius 1 is 1.27 bits per heavy atom. The van der Waals surface area contributed by atoms with Crippen molar-refractivity contribution in [1.82, 2.24) is 9.97 Å². The number of benzene rings is 1. The molecule has 3 aliphatic heterocycles. The van der Waals surface area contributed by atoms with Crippen LogP contribution in [-0.2, 0) is 22.7 Å². The number of fused-ring (bicyclic) bond motifs is 4. The van der Waals surface area contributed by atoms with Gasteiger partial charge in [-0.2, -0.15) is 0 Å². The molecule has 0 aliphatic carbocycles. The first kappa shape index (κ1) is 20.2. The number of morpholine rings is 1. The van der Waals surface area contributed by atoms with E-state index < -0.39 is 0 Å². The van der Waals surface area contributed by atoms with E-state index in [0.29, 0.717) is 48.2 Å². The van der Waals surface area contributed by atoms with Crippen LogP contribution in [0.3, 0.4) is 0 Å². The van der Waals surface area contributed by atoms with E-state index in [1.165, 1.54) is 13.2 Å². The average Bonchev–Trinajstić information content (AvgIpc) is 3.54. The fourth-order valence-electron chi connectivity index (χ4n) is 5.06. The molecule has 2 atom stereocenters. The summed E-state index contributed by atoms with van der Waals surface area (Å²) in [6.07, 6.45) is 1.14. The topological polar surface area (TPSA) is 106 Å². The van der Waals surface area contributed by atoms with E-state index in [9.17, 15) is 9.59 Å². The maximum absolute atomic E-state index is 13.5. The summed E-state index contributed by atoms with van der Waals surface area (Å²) in [6.45, 7) is 4.15. The number of H-pyrrole nitrogens is 1. The molecule has 2 bridgehead atoms. The molecule has 3 aromatic rings. The SMILES string of the molecule is COc1cc(NC(=O)c2cc3c(nc2N2C[C@H]4C[C@@H]2CO4)COC3)cc2c(C)cc(=O)[nH]c12. The Morgan fingerprint density at radius 2 is 2.15 bits per heavy atom. The van der Waals surface area contributed by atoms with Gasteiger partial charge in [-0.15, -0.1) is 0 Å². The molecule has 0 saturated carbocycles. The fraction of sp³-hybridized carbons (Fsp3) is 0.375. The molecule has 6 rings (SSSR count). The number of ether oxygens (including phenoxy) is 3. The Balaban J connectivity index is 1.40. The van der Waals surface area contributed by atoms with Crippen molar-refractivity contribution in [3.05, 3.63) is 57.0 Å². The normalized spacial score (nSPS) is 21.0. The molecule has 1 amide bonds. The predicted molar refractivity (Wildman–Crippen MR) is 122 cm³/mol. The van der Waals surface area contributed by atoms with E-state index in [0.717, 1.165) is 35.2 Å². The highest BCUT2D eigenvalue weighted by atomic mass is 16.5. The van der Waals surface area contributed by atoms with Gasteiger partial charge in [-0.3, -0.25) is 9.59 Å². The third-order valence-electron chi connectivity index (χ3n) is 6.69. The Hall–Kier alpha value is -3.43. The van der Waals surface area contributed by atoms with Gasteiger partial charge in [0.1, 0.15) is 11.6 Å². The molecular formula is C24H24N4O5. The monoisotopic (exact) mass is 448 g/mol. The van der Waals surface area contributed by atoms with Gasteiger partial charge in [-0.25, -0.2) is 4.98 Å². The number of anilines is 2. The van der Waals surface area contributed by atoms with Crippen LogP contribution < -0.4 is 20.5 Å². The number of nitrogens with one attached hydrogen (secondary N) is 2. The van der Waals surface area contributed by atoms with Crippen molar-refractivity contribution < 1.29 is 19.0 Å². The van der Waals surface area contributed by atoms with Gasteiger partial charge in [0.2, 0.25) is 5.56 Å². The number of aromatic amines is 1. The molecule has 1 aromatic carbocycles. The Labute approximate surface area is 189 Å². The minimum Gasteiger partial charge on any atom is -0.494 e. The first-order valence-electron chi connectivity index (χ1n) is 11.0. The summed E-state index contributed by atoms with van der Waals surface area (Å²) in [6, 6.07) is 7.21. The molecule has 33 heavy (non-hydrogen) atoms. The van der Waals surface area contributed by atoms with E-state index in [2.05, 4.69) is 15.2 Å². The number of pyridine rings is 2. The average molecular weight is 448 g/mol. The molecule has 0 spiro atoms. The molecule has 0 radical (unpaired) electrons. The second-order valence-electron chi connectivity index (χ2n) is 8.83. The number of aryl methyl sites for hydroxylation is 1. The maximum Gasteiger partial charge on any atom is 0.259 e. The molecule has 170 valence electrons. The lowest BCUT2D eigenvalue weighted by Gasteiger charge is -2.29. The number of carbonyl (C=O) groups excluding carboxylic acids is 1. The maximum atomic E-state index is 13.5. The van der Waals surface area contributed by atoms with Gasteiger partial charge in [0.25, 0.3) is 5.91 Å². The van der Waals surface area contributed by atoms with Crippen molar-refractivity contribution in [2.45, 2.75) is 38.7 Å². The minimum atomic E-state index is -0.251. The smallest absolute Gasteiger partial charge is 0.259 e. The highest BCUT2D eigenvalue weighted by Crippen LogP contribution is 2.36. The molecule has 9 nitrogen and oxygen atoms in total.